The summed E-state index contributed by atoms with van der Waals surface area (Å²) in [6.45, 7) is 2.38. The number of hydrogen-bond donors (Lipinski definition) is 0. The molecule has 0 bridgehead atoms. The van der Waals surface area contributed by atoms with E-state index in [-0.39, 0.29) is 0 Å². The molecule has 1 fully saturated rings. The van der Waals surface area contributed by atoms with Crippen molar-refractivity contribution in [3.05, 3.63) is 29.8 Å². The van der Waals surface area contributed by atoms with Crippen LogP contribution in [-0.2, 0) is 5.41 Å². The lowest BCUT2D eigenvalue weighted by Gasteiger charge is -2.39. The molecule has 13 heavy (non-hydrogen) atoms. The summed E-state index contributed by atoms with van der Waals surface area (Å²) in [6, 6.07) is 9.07. The highest BCUT2D eigenvalue weighted by molar-refractivity contribution is 7.98. The van der Waals surface area contributed by atoms with E-state index >= 15 is 0 Å². The van der Waals surface area contributed by atoms with Gasteiger partial charge in [0.1, 0.15) is 0 Å². The van der Waals surface area contributed by atoms with Crippen LogP contribution in [0.4, 0.5) is 0 Å². The van der Waals surface area contributed by atoms with Crippen LogP contribution in [0, 0.1) is 0 Å². The Morgan fingerprint density at radius 1 is 1.15 bits per heavy atom. The molecule has 1 aliphatic carbocycles. The first kappa shape index (κ1) is 9.14. The molecule has 0 radical (unpaired) electrons. The Hall–Kier alpha value is -0.430. The van der Waals surface area contributed by atoms with Crippen LogP contribution in [0.2, 0.25) is 0 Å². The van der Waals surface area contributed by atoms with Crippen molar-refractivity contribution in [2.24, 2.45) is 0 Å². The van der Waals surface area contributed by atoms with Crippen LogP contribution in [0.5, 0.6) is 0 Å². The second-order valence-electron chi connectivity index (χ2n) is 4.14. The average molecular weight is 192 g/mol. The summed E-state index contributed by atoms with van der Waals surface area (Å²) < 4.78 is 0. The van der Waals surface area contributed by atoms with Crippen molar-refractivity contribution >= 4 is 11.8 Å². The summed E-state index contributed by atoms with van der Waals surface area (Å²) in [4.78, 5) is 1.37. The van der Waals surface area contributed by atoms with E-state index in [1.54, 1.807) is 0 Å². The van der Waals surface area contributed by atoms with Gasteiger partial charge in [0, 0.05) is 4.90 Å². The third-order valence-corrected chi connectivity index (χ3v) is 3.99. The minimum Gasteiger partial charge on any atom is -0.130 e. The number of thioether (sulfide) groups is 1. The van der Waals surface area contributed by atoms with Crippen LogP contribution in [0.1, 0.15) is 31.7 Å². The van der Waals surface area contributed by atoms with E-state index in [1.165, 1.54) is 29.7 Å². The number of benzene rings is 1. The molecule has 70 valence electrons. The summed E-state index contributed by atoms with van der Waals surface area (Å²) >= 11 is 1.81. The van der Waals surface area contributed by atoms with Gasteiger partial charge in [0.25, 0.3) is 0 Å². The van der Waals surface area contributed by atoms with Gasteiger partial charge >= 0.3 is 0 Å². The first-order valence-electron chi connectivity index (χ1n) is 4.89. The highest BCUT2D eigenvalue weighted by atomic mass is 32.2. The molecule has 0 saturated heterocycles. The highest BCUT2D eigenvalue weighted by Gasteiger charge is 2.33. The fraction of sp³-hybridized carbons (Fsp3) is 0.500. The minimum atomic E-state index is 0.497. The fourth-order valence-corrected chi connectivity index (χ4v) is 2.40. The Balaban J connectivity index is 2.22. The molecule has 1 saturated carbocycles. The lowest BCUT2D eigenvalue weighted by Crippen LogP contribution is -2.30. The maximum absolute atomic E-state index is 2.38. The molecule has 0 aromatic heterocycles. The molecule has 2 rings (SSSR count). The lowest BCUT2D eigenvalue weighted by atomic mass is 9.66. The quantitative estimate of drug-likeness (QED) is 0.641. The van der Waals surface area contributed by atoms with E-state index in [9.17, 15) is 0 Å². The van der Waals surface area contributed by atoms with Crippen LogP contribution in [0.25, 0.3) is 0 Å². The number of hydrogen-bond acceptors (Lipinski definition) is 1. The molecule has 1 heteroatoms. The molecule has 0 nitrogen and oxygen atoms in total. The minimum absolute atomic E-state index is 0.497. The van der Waals surface area contributed by atoms with Gasteiger partial charge in [-0.1, -0.05) is 25.5 Å². The van der Waals surface area contributed by atoms with Crippen molar-refractivity contribution in [2.45, 2.75) is 36.5 Å². The molecular formula is C12H16S. The summed E-state index contributed by atoms with van der Waals surface area (Å²) in [7, 11) is 0. The normalized spacial score (nSPS) is 19.5. The first-order valence-corrected chi connectivity index (χ1v) is 6.12. The van der Waals surface area contributed by atoms with E-state index < -0.39 is 0 Å². The van der Waals surface area contributed by atoms with Crippen LogP contribution in [0.15, 0.2) is 29.2 Å². The SMILES string of the molecule is CSc1ccc(C2(C)CCC2)cc1. The van der Waals surface area contributed by atoms with Gasteiger partial charge in [-0.25, -0.2) is 0 Å². The third kappa shape index (κ3) is 1.62. The van der Waals surface area contributed by atoms with Gasteiger partial charge in [-0.15, -0.1) is 11.8 Å². The van der Waals surface area contributed by atoms with E-state index in [0.717, 1.165) is 0 Å². The monoisotopic (exact) mass is 192 g/mol. The predicted molar refractivity (Wildman–Crippen MR) is 59.4 cm³/mol. The highest BCUT2D eigenvalue weighted by Crippen LogP contribution is 2.43. The van der Waals surface area contributed by atoms with Crippen molar-refractivity contribution < 1.29 is 0 Å². The summed E-state index contributed by atoms with van der Waals surface area (Å²) in [5.41, 5.74) is 2.02. The molecule has 0 aliphatic heterocycles. The third-order valence-electron chi connectivity index (χ3n) is 3.24. The van der Waals surface area contributed by atoms with Crippen molar-refractivity contribution in [1.29, 1.82) is 0 Å². The average Bonchev–Trinajstić information content (AvgIpc) is 2.14. The van der Waals surface area contributed by atoms with E-state index in [2.05, 4.69) is 37.4 Å². The van der Waals surface area contributed by atoms with Gasteiger partial charge < -0.3 is 0 Å². The van der Waals surface area contributed by atoms with Crippen molar-refractivity contribution in [3.8, 4) is 0 Å². The molecular weight excluding hydrogens is 176 g/mol. The Morgan fingerprint density at radius 3 is 2.15 bits per heavy atom. The molecule has 0 atom stereocenters. The van der Waals surface area contributed by atoms with Gasteiger partial charge in [0.15, 0.2) is 0 Å². The second kappa shape index (κ2) is 3.38. The Morgan fingerprint density at radius 2 is 1.77 bits per heavy atom. The molecule has 0 unspecified atom stereocenters. The number of rotatable bonds is 2. The summed E-state index contributed by atoms with van der Waals surface area (Å²) in [5, 5.41) is 0. The molecule has 0 heterocycles. The topological polar surface area (TPSA) is 0 Å². The van der Waals surface area contributed by atoms with Crippen LogP contribution < -0.4 is 0 Å². The summed E-state index contributed by atoms with van der Waals surface area (Å²) in [5.74, 6) is 0. The standard InChI is InChI=1S/C12H16S/c1-12(8-3-9-12)10-4-6-11(13-2)7-5-10/h4-7H,3,8-9H2,1-2H3. The maximum Gasteiger partial charge on any atom is 0.00693 e. The molecule has 1 aromatic rings. The predicted octanol–water partition coefficient (Wildman–Crippen LogP) is 3.85. The molecule has 0 N–H and O–H groups in total. The van der Waals surface area contributed by atoms with E-state index in [0.29, 0.717) is 5.41 Å². The lowest BCUT2D eigenvalue weighted by molar-refractivity contribution is 0.272. The van der Waals surface area contributed by atoms with Crippen LogP contribution in [-0.4, -0.2) is 6.26 Å². The molecule has 1 aromatic carbocycles. The second-order valence-corrected chi connectivity index (χ2v) is 5.02. The fourth-order valence-electron chi connectivity index (χ4n) is 1.99. The van der Waals surface area contributed by atoms with Crippen molar-refractivity contribution in [2.75, 3.05) is 6.26 Å². The van der Waals surface area contributed by atoms with Crippen LogP contribution >= 0.6 is 11.8 Å². The zero-order valence-electron chi connectivity index (χ0n) is 8.34. The Kier molecular flexibility index (Phi) is 2.37. The molecule has 0 spiro atoms. The smallest absolute Gasteiger partial charge is 0.00693 e. The largest absolute Gasteiger partial charge is 0.130 e. The maximum atomic E-state index is 2.38. The van der Waals surface area contributed by atoms with Crippen LogP contribution in [0.3, 0.4) is 0 Å². The van der Waals surface area contributed by atoms with E-state index in [1.807, 2.05) is 11.8 Å². The van der Waals surface area contributed by atoms with Gasteiger partial charge in [0.2, 0.25) is 0 Å². The van der Waals surface area contributed by atoms with E-state index in [4.69, 9.17) is 0 Å². The van der Waals surface area contributed by atoms with Crippen molar-refractivity contribution in [1.82, 2.24) is 0 Å². The zero-order chi connectivity index (χ0) is 9.31. The summed E-state index contributed by atoms with van der Waals surface area (Å²) in [6.07, 6.45) is 6.26. The van der Waals surface area contributed by atoms with Gasteiger partial charge in [-0.05, 0) is 42.2 Å². The first-order chi connectivity index (χ1) is 6.24. The van der Waals surface area contributed by atoms with Gasteiger partial charge in [-0.2, -0.15) is 0 Å². The zero-order valence-corrected chi connectivity index (χ0v) is 9.16. The van der Waals surface area contributed by atoms with Gasteiger partial charge in [0.05, 0.1) is 0 Å². The Bertz CT molecular complexity index is 282. The van der Waals surface area contributed by atoms with Gasteiger partial charge in [-0.3, -0.25) is 0 Å². The Labute approximate surface area is 84.7 Å². The van der Waals surface area contributed by atoms with Crippen molar-refractivity contribution in [3.63, 3.8) is 0 Å². The molecule has 0 amide bonds. The molecule has 1 aliphatic rings.